The van der Waals surface area contributed by atoms with Crippen molar-refractivity contribution in [1.29, 1.82) is 0 Å². The number of rotatable bonds is 4. The lowest BCUT2D eigenvalue weighted by atomic mass is 10.1. The number of likely N-dealkylation sites (tertiary alicyclic amines) is 1. The van der Waals surface area contributed by atoms with Gasteiger partial charge in [0.1, 0.15) is 11.5 Å². The molecule has 0 saturated carbocycles. The summed E-state index contributed by atoms with van der Waals surface area (Å²) in [5.74, 6) is 1.66. The van der Waals surface area contributed by atoms with Crippen LogP contribution in [0.4, 0.5) is 5.82 Å². The van der Waals surface area contributed by atoms with E-state index in [1.54, 1.807) is 12.4 Å². The van der Waals surface area contributed by atoms with Gasteiger partial charge in [-0.1, -0.05) is 0 Å². The zero-order valence-electron chi connectivity index (χ0n) is 19.0. The van der Waals surface area contributed by atoms with Gasteiger partial charge in [0.15, 0.2) is 5.82 Å². The summed E-state index contributed by atoms with van der Waals surface area (Å²) in [5.41, 5.74) is 4.70. The molecule has 0 spiro atoms. The van der Waals surface area contributed by atoms with E-state index in [4.69, 9.17) is 9.97 Å². The molecule has 6 rings (SSSR count). The van der Waals surface area contributed by atoms with Crippen molar-refractivity contribution in [3.8, 4) is 11.4 Å². The largest absolute Gasteiger partial charge is 0.365 e. The monoisotopic (exact) mass is 453 g/mol. The number of pyridine rings is 2. The highest BCUT2D eigenvalue weighted by atomic mass is 16.2. The lowest BCUT2D eigenvalue weighted by Gasteiger charge is -2.26. The second kappa shape index (κ2) is 8.85. The molecule has 0 aromatic carbocycles. The molecule has 8 nitrogen and oxygen atoms in total. The Morgan fingerprint density at radius 2 is 2.09 bits per heavy atom. The molecule has 1 fully saturated rings. The third-order valence-corrected chi connectivity index (χ3v) is 6.80. The summed E-state index contributed by atoms with van der Waals surface area (Å²) < 4.78 is 0. The normalized spacial score (nSPS) is 18.0. The van der Waals surface area contributed by atoms with Gasteiger partial charge >= 0.3 is 0 Å². The standard InChI is InChI=1S/C26H27N7O/c34-26(19-13-17-9-11-28-23(17)29-15-19)33-12-2-1-6-20(16-33)30-25-21-7-3-8-22(21)31-24(32-25)18-5-4-10-27-14-18/h4-5,9-11,13-15,20H,1-3,6-8,12,16H2,(H,28,29)(H,30,31,32). The van der Waals surface area contributed by atoms with E-state index >= 15 is 0 Å². The predicted octanol–water partition coefficient (Wildman–Crippen LogP) is 4.01. The first-order chi connectivity index (χ1) is 16.7. The van der Waals surface area contributed by atoms with Gasteiger partial charge in [0, 0.05) is 66.1 Å². The molecule has 1 aliphatic carbocycles. The van der Waals surface area contributed by atoms with Crippen LogP contribution in [0.3, 0.4) is 0 Å². The molecule has 172 valence electrons. The number of aromatic amines is 1. The third kappa shape index (κ3) is 4.00. The number of carbonyl (C=O) groups excluding carboxylic acids is 1. The number of aromatic nitrogens is 5. The fourth-order valence-corrected chi connectivity index (χ4v) is 5.05. The van der Waals surface area contributed by atoms with E-state index in [2.05, 4.69) is 20.3 Å². The van der Waals surface area contributed by atoms with E-state index in [0.29, 0.717) is 17.9 Å². The summed E-state index contributed by atoms with van der Waals surface area (Å²) >= 11 is 0. The minimum atomic E-state index is 0.0354. The van der Waals surface area contributed by atoms with Crippen LogP contribution in [0.15, 0.2) is 49.1 Å². The maximum absolute atomic E-state index is 13.4. The Kier molecular flexibility index (Phi) is 5.41. The van der Waals surface area contributed by atoms with Crippen LogP contribution in [-0.4, -0.2) is 54.9 Å². The van der Waals surface area contributed by atoms with Gasteiger partial charge in [-0.25, -0.2) is 15.0 Å². The lowest BCUT2D eigenvalue weighted by Crippen LogP contribution is -2.39. The Bertz CT molecular complexity index is 1330. The number of aryl methyl sites for hydroxylation is 1. The molecule has 8 heteroatoms. The van der Waals surface area contributed by atoms with Crippen LogP contribution in [0.1, 0.15) is 47.3 Å². The molecule has 4 aromatic rings. The van der Waals surface area contributed by atoms with Crippen LogP contribution in [0.2, 0.25) is 0 Å². The zero-order chi connectivity index (χ0) is 22.9. The van der Waals surface area contributed by atoms with Gasteiger partial charge in [0.25, 0.3) is 5.91 Å². The number of anilines is 1. The Morgan fingerprint density at radius 1 is 1.12 bits per heavy atom. The van der Waals surface area contributed by atoms with E-state index < -0.39 is 0 Å². The van der Waals surface area contributed by atoms with Gasteiger partial charge < -0.3 is 15.2 Å². The SMILES string of the molecule is O=C(c1cnc2[nH]ccc2c1)N1CCCCC(Nc2nc(-c3cccnc3)nc3c2CCC3)C1. The molecular weight excluding hydrogens is 426 g/mol. The molecule has 1 saturated heterocycles. The summed E-state index contributed by atoms with van der Waals surface area (Å²) in [5, 5.41) is 4.66. The molecule has 4 aromatic heterocycles. The van der Waals surface area contributed by atoms with Gasteiger partial charge in [-0.05, 0) is 62.8 Å². The number of carbonyl (C=O) groups is 1. The van der Waals surface area contributed by atoms with Crippen LogP contribution in [0, 0.1) is 0 Å². The smallest absolute Gasteiger partial charge is 0.255 e. The van der Waals surface area contributed by atoms with Gasteiger partial charge in [0.05, 0.1) is 5.56 Å². The molecule has 1 amide bonds. The van der Waals surface area contributed by atoms with Gasteiger partial charge in [0.2, 0.25) is 0 Å². The number of nitrogens with one attached hydrogen (secondary N) is 2. The number of hydrogen-bond donors (Lipinski definition) is 2. The molecule has 34 heavy (non-hydrogen) atoms. The van der Waals surface area contributed by atoms with Crippen molar-refractivity contribution >= 4 is 22.8 Å². The Labute approximate surface area is 197 Å². The summed E-state index contributed by atoms with van der Waals surface area (Å²) in [4.78, 5) is 36.8. The molecule has 1 aliphatic heterocycles. The predicted molar refractivity (Wildman–Crippen MR) is 131 cm³/mol. The van der Waals surface area contributed by atoms with Crippen LogP contribution >= 0.6 is 0 Å². The van der Waals surface area contributed by atoms with Crippen molar-refractivity contribution < 1.29 is 4.79 Å². The fraction of sp³-hybridized carbons (Fsp3) is 0.346. The average Bonchev–Trinajstić information content (AvgIpc) is 3.49. The Hall–Kier alpha value is -3.81. The molecule has 1 atom stereocenters. The van der Waals surface area contributed by atoms with Gasteiger partial charge in [-0.3, -0.25) is 9.78 Å². The molecule has 5 heterocycles. The average molecular weight is 454 g/mol. The van der Waals surface area contributed by atoms with E-state index in [1.807, 2.05) is 41.6 Å². The van der Waals surface area contributed by atoms with Crippen molar-refractivity contribution in [2.75, 3.05) is 18.4 Å². The highest BCUT2D eigenvalue weighted by Gasteiger charge is 2.26. The minimum absolute atomic E-state index is 0.0354. The van der Waals surface area contributed by atoms with E-state index in [1.165, 1.54) is 5.56 Å². The molecular formula is C26H27N7O. The van der Waals surface area contributed by atoms with E-state index in [0.717, 1.165) is 73.2 Å². The van der Waals surface area contributed by atoms with E-state index in [-0.39, 0.29) is 11.9 Å². The maximum atomic E-state index is 13.4. The number of nitrogens with zero attached hydrogens (tertiary/aromatic N) is 5. The van der Waals surface area contributed by atoms with Crippen LogP contribution in [0.25, 0.3) is 22.4 Å². The number of fused-ring (bicyclic) bond motifs is 2. The molecule has 0 radical (unpaired) electrons. The maximum Gasteiger partial charge on any atom is 0.255 e. The third-order valence-electron chi connectivity index (χ3n) is 6.80. The fourth-order valence-electron chi connectivity index (χ4n) is 5.05. The van der Waals surface area contributed by atoms with Crippen molar-refractivity contribution in [2.45, 2.75) is 44.6 Å². The summed E-state index contributed by atoms with van der Waals surface area (Å²) in [6.07, 6.45) is 13.2. The number of amides is 1. The van der Waals surface area contributed by atoms with Crippen molar-refractivity contribution in [1.82, 2.24) is 29.8 Å². The first kappa shape index (κ1) is 20.8. The first-order valence-corrected chi connectivity index (χ1v) is 12.0. The van der Waals surface area contributed by atoms with Crippen LogP contribution < -0.4 is 5.32 Å². The van der Waals surface area contributed by atoms with Crippen LogP contribution in [0.5, 0.6) is 0 Å². The molecule has 2 aliphatic rings. The number of H-pyrrole nitrogens is 1. The Morgan fingerprint density at radius 3 is 3.00 bits per heavy atom. The Balaban J connectivity index is 1.25. The molecule has 2 N–H and O–H groups in total. The summed E-state index contributed by atoms with van der Waals surface area (Å²) in [6.45, 7) is 1.40. The summed E-state index contributed by atoms with van der Waals surface area (Å²) in [6, 6.07) is 7.91. The van der Waals surface area contributed by atoms with E-state index in [9.17, 15) is 4.79 Å². The van der Waals surface area contributed by atoms with Crippen LogP contribution in [-0.2, 0) is 12.8 Å². The minimum Gasteiger partial charge on any atom is -0.365 e. The second-order valence-electron chi connectivity index (χ2n) is 9.14. The molecule has 0 bridgehead atoms. The lowest BCUT2D eigenvalue weighted by molar-refractivity contribution is 0.0757. The van der Waals surface area contributed by atoms with Crippen molar-refractivity contribution in [3.63, 3.8) is 0 Å². The molecule has 1 unspecified atom stereocenters. The second-order valence-corrected chi connectivity index (χ2v) is 9.14. The summed E-state index contributed by atoms with van der Waals surface area (Å²) in [7, 11) is 0. The first-order valence-electron chi connectivity index (χ1n) is 12.0. The van der Waals surface area contributed by atoms with Gasteiger partial charge in [-0.2, -0.15) is 0 Å². The quantitative estimate of drug-likeness (QED) is 0.484. The zero-order valence-corrected chi connectivity index (χ0v) is 19.0. The highest BCUT2D eigenvalue weighted by molar-refractivity contribution is 5.97. The number of hydrogen-bond acceptors (Lipinski definition) is 6. The highest BCUT2D eigenvalue weighted by Crippen LogP contribution is 2.30. The van der Waals surface area contributed by atoms with Gasteiger partial charge in [-0.15, -0.1) is 0 Å². The van der Waals surface area contributed by atoms with Crippen molar-refractivity contribution in [2.24, 2.45) is 0 Å². The topological polar surface area (TPSA) is 99.7 Å². The van der Waals surface area contributed by atoms with Crippen molar-refractivity contribution in [3.05, 3.63) is 65.9 Å².